The van der Waals surface area contributed by atoms with Crippen LogP contribution in [0.15, 0.2) is 12.1 Å². The highest BCUT2D eigenvalue weighted by Crippen LogP contribution is 2.33. The third-order valence-electron chi connectivity index (χ3n) is 4.39. The molecule has 1 saturated carbocycles. The van der Waals surface area contributed by atoms with Gasteiger partial charge in [0.1, 0.15) is 0 Å². The number of halogens is 2. The maximum Gasteiger partial charge on any atom is 0.314 e. The summed E-state index contributed by atoms with van der Waals surface area (Å²) in [6.07, 6.45) is 8.58. The summed E-state index contributed by atoms with van der Waals surface area (Å²) in [5.74, 6) is -2.23. The number of hydrogen-bond acceptors (Lipinski definition) is 3. The summed E-state index contributed by atoms with van der Waals surface area (Å²) < 4.78 is 31.1. The Labute approximate surface area is 130 Å². The van der Waals surface area contributed by atoms with Gasteiger partial charge in [0, 0.05) is 0 Å². The number of nitrogens with zero attached hydrogens (tertiary/aromatic N) is 1. The number of rotatable bonds is 6. The van der Waals surface area contributed by atoms with Crippen LogP contribution in [-0.2, 0) is 4.79 Å². The third-order valence-corrected chi connectivity index (χ3v) is 4.39. The maximum absolute atomic E-state index is 13.4. The molecule has 1 heterocycles. The van der Waals surface area contributed by atoms with Gasteiger partial charge in [-0.2, -0.15) is 13.8 Å². The zero-order valence-corrected chi connectivity index (χ0v) is 13.0. The first-order chi connectivity index (χ1) is 10.6. The van der Waals surface area contributed by atoms with Gasteiger partial charge in [-0.1, -0.05) is 32.6 Å². The molecule has 1 aliphatic carbocycles. The number of esters is 1. The second kappa shape index (κ2) is 8.20. The number of carbonyl (C=O) groups excluding carboxylic acids is 1. The van der Waals surface area contributed by atoms with Crippen LogP contribution in [0.1, 0.15) is 58.3 Å². The van der Waals surface area contributed by atoms with Crippen molar-refractivity contribution in [1.82, 2.24) is 4.98 Å². The highest BCUT2D eigenvalue weighted by Gasteiger charge is 2.28. The summed E-state index contributed by atoms with van der Waals surface area (Å²) >= 11 is 0. The van der Waals surface area contributed by atoms with Crippen LogP contribution in [0, 0.1) is 23.7 Å². The van der Waals surface area contributed by atoms with E-state index in [1.54, 1.807) is 0 Å². The minimum atomic E-state index is -1.08. The van der Waals surface area contributed by atoms with Gasteiger partial charge in [0.25, 0.3) is 5.95 Å². The van der Waals surface area contributed by atoms with Crippen LogP contribution < -0.4 is 4.74 Å². The second-order valence-electron chi connectivity index (χ2n) is 6.06. The Hall–Kier alpha value is -1.52. The summed E-state index contributed by atoms with van der Waals surface area (Å²) in [4.78, 5) is 15.1. The van der Waals surface area contributed by atoms with Gasteiger partial charge in [-0.3, -0.25) is 4.79 Å². The fourth-order valence-corrected chi connectivity index (χ4v) is 3.04. The van der Waals surface area contributed by atoms with E-state index in [9.17, 15) is 13.6 Å². The molecule has 0 spiro atoms. The molecular weight excluding hydrogens is 288 g/mol. The molecule has 0 N–H and O–H groups in total. The Morgan fingerprint density at radius 1 is 1.23 bits per heavy atom. The quantitative estimate of drug-likeness (QED) is 0.436. The van der Waals surface area contributed by atoms with Crippen molar-refractivity contribution in [2.24, 2.45) is 11.8 Å². The number of unbranched alkanes of at least 4 members (excludes halogenated alkanes) is 2. The van der Waals surface area contributed by atoms with Crippen LogP contribution >= 0.6 is 0 Å². The average Bonchev–Trinajstić information content (AvgIpc) is 2.51. The lowest BCUT2D eigenvalue weighted by atomic mass is 9.80. The highest BCUT2D eigenvalue weighted by molar-refractivity contribution is 5.75. The minimum absolute atomic E-state index is 0.188. The van der Waals surface area contributed by atoms with E-state index in [0.717, 1.165) is 37.8 Å². The second-order valence-corrected chi connectivity index (χ2v) is 6.06. The van der Waals surface area contributed by atoms with E-state index in [1.165, 1.54) is 25.7 Å². The van der Waals surface area contributed by atoms with Crippen LogP contribution in [0.5, 0.6) is 5.75 Å². The zero-order chi connectivity index (χ0) is 15.9. The number of pyridine rings is 1. The molecule has 1 aromatic rings. The first kappa shape index (κ1) is 16.8. The molecule has 1 aliphatic rings. The van der Waals surface area contributed by atoms with Crippen molar-refractivity contribution < 1.29 is 18.3 Å². The van der Waals surface area contributed by atoms with E-state index >= 15 is 0 Å². The molecule has 2 rings (SSSR count). The van der Waals surface area contributed by atoms with E-state index in [0.29, 0.717) is 5.92 Å². The molecule has 0 aliphatic heterocycles. The van der Waals surface area contributed by atoms with Crippen molar-refractivity contribution in [3.8, 4) is 5.75 Å². The van der Waals surface area contributed by atoms with Crippen molar-refractivity contribution in [2.45, 2.75) is 58.3 Å². The summed E-state index contributed by atoms with van der Waals surface area (Å²) in [5, 5.41) is 0. The predicted molar refractivity (Wildman–Crippen MR) is 79.4 cm³/mol. The molecular formula is C17H23F2NO2. The summed E-state index contributed by atoms with van der Waals surface area (Å²) in [5.41, 5.74) is 0. The average molecular weight is 311 g/mol. The number of carbonyl (C=O) groups is 1. The maximum atomic E-state index is 13.4. The lowest BCUT2D eigenvalue weighted by Crippen LogP contribution is -2.26. The number of ether oxygens (including phenoxy) is 1. The van der Waals surface area contributed by atoms with Crippen molar-refractivity contribution in [1.29, 1.82) is 0 Å². The molecule has 0 amide bonds. The topological polar surface area (TPSA) is 39.2 Å². The Kier molecular flexibility index (Phi) is 6.28. The molecule has 0 atom stereocenters. The largest absolute Gasteiger partial charge is 0.421 e. The first-order valence-electron chi connectivity index (χ1n) is 8.14. The fraction of sp³-hybridized carbons (Fsp3) is 0.647. The van der Waals surface area contributed by atoms with Gasteiger partial charge in [0.2, 0.25) is 5.95 Å². The first-order valence-corrected chi connectivity index (χ1v) is 8.14. The molecule has 0 radical (unpaired) electrons. The molecule has 5 heteroatoms. The minimum Gasteiger partial charge on any atom is -0.421 e. The van der Waals surface area contributed by atoms with Gasteiger partial charge in [0.15, 0.2) is 5.75 Å². The van der Waals surface area contributed by atoms with Crippen LogP contribution in [0.2, 0.25) is 0 Å². The van der Waals surface area contributed by atoms with E-state index in [1.807, 2.05) is 0 Å². The van der Waals surface area contributed by atoms with E-state index in [2.05, 4.69) is 11.9 Å². The zero-order valence-electron chi connectivity index (χ0n) is 13.0. The Balaban J connectivity index is 1.80. The molecule has 0 bridgehead atoms. The van der Waals surface area contributed by atoms with Gasteiger partial charge in [0.05, 0.1) is 5.92 Å². The van der Waals surface area contributed by atoms with Crippen LogP contribution in [0.4, 0.5) is 8.78 Å². The summed E-state index contributed by atoms with van der Waals surface area (Å²) in [6, 6.07) is 2.09. The molecule has 1 aromatic heterocycles. The number of aromatic nitrogens is 1. The third kappa shape index (κ3) is 4.75. The molecule has 0 saturated heterocycles. The van der Waals surface area contributed by atoms with Gasteiger partial charge < -0.3 is 4.74 Å². The number of hydrogen-bond donors (Lipinski definition) is 0. The van der Waals surface area contributed by atoms with Crippen LogP contribution in [0.25, 0.3) is 0 Å². The highest BCUT2D eigenvalue weighted by atomic mass is 19.1. The molecule has 1 fully saturated rings. The SMILES string of the molecule is CCCCC[C@H]1CC[C@H](C(=O)Oc2ccc(F)nc2F)CC1. The van der Waals surface area contributed by atoms with Crippen molar-refractivity contribution in [3.63, 3.8) is 0 Å². The van der Waals surface area contributed by atoms with Crippen LogP contribution in [0.3, 0.4) is 0 Å². The van der Waals surface area contributed by atoms with Gasteiger partial charge in [-0.05, 0) is 43.7 Å². The Morgan fingerprint density at radius 3 is 2.59 bits per heavy atom. The lowest BCUT2D eigenvalue weighted by Gasteiger charge is -2.27. The van der Waals surface area contributed by atoms with Crippen molar-refractivity contribution in [2.75, 3.05) is 0 Å². The summed E-state index contributed by atoms with van der Waals surface area (Å²) in [7, 11) is 0. The molecule has 122 valence electrons. The van der Waals surface area contributed by atoms with Crippen LogP contribution in [-0.4, -0.2) is 11.0 Å². The Morgan fingerprint density at radius 2 is 1.95 bits per heavy atom. The fourth-order valence-electron chi connectivity index (χ4n) is 3.04. The van der Waals surface area contributed by atoms with E-state index in [-0.39, 0.29) is 11.7 Å². The van der Waals surface area contributed by atoms with Crippen molar-refractivity contribution >= 4 is 5.97 Å². The molecule has 0 aromatic carbocycles. The lowest BCUT2D eigenvalue weighted by molar-refractivity contribution is -0.140. The summed E-state index contributed by atoms with van der Waals surface area (Å²) in [6.45, 7) is 2.19. The van der Waals surface area contributed by atoms with Crippen molar-refractivity contribution in [3.05, 3.63) is 24.0 Å². The van der Waals surface area contributed by atoms with E-state index in [4.69, 9.17) is 4.74 Å². The smallest absolute Gasteiger partial charge is 0.314 e. The van der Waals surface area contributed by atoms with Gasteiger partial charge >= 0.3 is 5.97 Å². The molecule has 22 heavy (non-hydrogen) atoms. The normalized spacial score (nSPS) is 21.6. The predicted octanol–water partition coefficient (Wildman–Crippen LogP) is 4.65. The molecule has 3 nitrogen and oxygen atoms in total. The standard InChI is InChI=1S/C17H23F2NO2/c1-2-3-4-5-12-6-8-13(9-7-12)17(21)22-14-10-11-15(18)20-16(14)19/h10-13H,2-9H2,1H3/t12-,13-. The van der Waals surface area contributed by atoms with E-state index < -0.39 is 17.9 Å². The van der Waals surface area contributed by atoms with Gasteiger partial charge in [-0.15, -0.1) is 0 Å². The monoisotopic (exact) mass is 311 g/mol. The van der Waals surface area contributed by atoms with Gasteiger partial charge in [-0.25, -0.2) is 0 Å². The Bertz CT molecular complexity index is 499. The molecule has 0 unspecified atom stereocenters.